The molecule has 0 saturated carbocycles. The van der Waals surface area contributed by atoms with Gasteiger partial charge in [0.1, 0.15) is 12.6 Å². The summed E-state index contributed by atoms with van der Waals surface area (Å²) in [7, 11) is 3.03. The van der Waals surface area contributed by atoms with E-state index in [0.29, 0.717) is 23.2 Å². The van der Waals surface area contributed by atoms with Crippen LogP contribution in [0.15, 0.2) is 17.0 Å². The van der Waals surface area contributed by atoms with Gasteiger partial charge < -0.3 is 13.9 Å². The first kappa shape index (κ1) is 14.0. The van der Waals surface area contributed by atoms with E-state index >= 15 is 0 Å². The number of aryl methyl sites for hydroxylation is 1. The second-order valence-corrected chi connectivity index (χ2v) is 3.06. The van der Waals surface area contributed by atoms with Gasteiger partial charge in [0, 0.05) is 0 Å². The van der Waals surface area contributed by atoms with E-state index in [0.717, 1.165) is 5.69 Å². The summed E-state index contributed by atoms with van der Waals surface area (Å²) in [6.07, 6.45) is 2.90. The van der Waals surface area contributed by atoms with E-state index < -0.39 is 0 Å². The first-order valence-electron chi connectivity index (χ1n) is 5.61. The molecule has 0 radical (unpaired) electrons. The molecule has 0 aliphatic rings. The molecule has 0 fully saturated rings. The Balaban J connectivity index is 0.000000771. The number of hydrogen-bond donors (Lipinski definition) is 0. The quantitative estimate of drug-likeness (QED) is 0.834. The lowest BCUT2D eigenvalue weighted by atomic mass is 10.3. The van der Waals surface area contributed by atoms with Crippen molar-refractivity contribution in [3.63, 3.8) is 0 Å². The van der Waals surface area contributed by atoms with Gasteiger partial charge in [0.05, 0.1) is 19.9 Å². The first-order chi connectivity index (χ1) is 8.76. The third-order valence-electron chi connectivity index (χ3n) is 2.00. The van der Waals surface area contributed by atoms with E-state index in [4.69, 9.17) is 13.9 Å². The summed E-state index contributed by atoms with van der Waals surface area (Å²) in [5.41, 5.74) is 1.28. The Bertz CT molecular complexity index is 475. The SMILES string of the molecule is CC.COc1ncnc(OC)c1-c1nc(C)co1. The van der Waals surface area contributed by atoms with Crippen molar-refractivity contribution in [3.05, 3.63) is 18.3 Å². The Morgan fingerprint density at radius 2 is 1.61 bits per heavy atom. The molecule has 0 bridgehead atoms. The van der Waals surface area contributed by atoms with Crippen molar-refractivity contribution < 1.29 is 13.9 Å². The van der Waals surface area contributed by atoms with E-state index in [9.17, 15) is 0 Å². The lowest BCUT2D eigenvalue weighted by Crippen LogP contribution is -1.98. The minimum Gasteiger partial charge on any atom is -0.480 e. The molecule has 6 nitrogen and oxygen atoms in total. The standard InChI is InChI=1S/C10H11N3O3.C2H6/c1-6-4-16-10(13-6)7-8(14-2)11-5-12-9(7)15-3;1-2/h4-5H,1-3H3;1-2H3. The molecule has 2 rings (SSSR count). The molecule has 0 aliphatic carbocycles. The predicted molar refractivity (Wildman–Crippen MR) is 66.7 cm³/mol. The van der Waals surface area contributed by atoms with Gasteiger partial charge in [-0.15, -0.1) is 0 Å². The monoisotopic (exact) mass is 251 g/mol. The lowest BCUT2D eigenvalue weighted by Gasteiger charge is -2.07. The van der Waals surface area contributed by atoms with Crippen LogP contribution >= 0.6 is 0 Å². The van der Waals surface area contributed by atoms with Crippen LogP contribution in [0.1, 0.15) is 19.5 Å². The van der Waals surface area contributed by atoms with Crippen LogP contribution in [0, 0.1) is 6.92 Å². The minimum absolute atomic E-state index is 0.369. The molecule has 0 amide bonds. The average Bonchev–Trinajstić information content (AvgIpc) is 2.86. The van der Waals surface area contributed by atoms with Gasteiger partial charge in [-0.2, -0.15) is 0 Å². The Hall–Kier alpha value is -2.11. The molecule has 98 valence electrons. The largest absolute Gasteiger partial charge is 0.480 e. The predicted octanol–water partition coefficient (Wildman–Crippen LogP) is 2.48. The van der Waals surface area contributed by atoms with Crippen LogP contribution in [0.3, 0.4) is 0 Å². The van der Waals surface area contributed by atoms with E-state index in [1.807, 2.05) is 20.8 Å². The van der Waals surface area contributed by atoms with Crippen LogP contribution in [-0.4, -0.2) is 29.2 Å². The Labute approximate surface area is 106 Å². The van der Waals surface area contributed by atoms with Crippen LogP contribution < -0.4 is 9.47 Å². The minimum atomic E-state index is 0.369. The fourth-order valence-electron chi connectivity index (χ4n) is 1.32. The van der Waals surface area contributed by atoms with Crippen molar-refractivity contribution in [2.45, 2.75) is 20.8 Å². The van der Waals surface area contributed by atoms with Crippen LogP contribution in [0.25, 0.3) is 11.5 Å². The van der Waals surface area contributed by atoms with Gasteiger partial charge in [-0.3, -0.25) is 0 Å². The van der Waals surface area contributed by atoms with Gasteiger partial charge in [0.15, 0.2) is 5.56 Å². The van der Waals surface area contributed by atoms with E-state index in [-0.39, 0.29) is 0 Å². The summed E-state index contributed by atoms with van der Waals surface area (Å²) in [6.45, 7) is 5.83. The topological polar surface area (TPSA) is 70.3 Å². The average molecular weight is 251 g/mol. The molecule has 0 saturated heterocycles. The molecule has 0 spiro atoms. The number of methoxy groups -OCH3 is 2. The molecule has 2 heterocycles. The molecular weight excluding hydrogens is 234 g/mol. The normalized spacial score (nSPS) is 9.39. The maximum atomic E-state index is 5.28. The maximum Gasteiger partial charge on any atom is 0.237 e. The highest BCUT2D eigenvalue weighted by Gasteiger charge is 2.19. The Kier molecular flexibility index (Phi) is 5.10. The number of ether oxygens (including phenoxy) is 2. The van der Waals surface area contributed by atoms with Crippen LogP contribution in [0.5, 0.6) is 11.8 Å². The fraction of sp³-hybridized carbons (Fsp3) is 0.417. The smallest absolute Gasteiger partial charge is 0.237 e. The highest BCUT2D eigenvalue weighted by molar-refractivity contribution is 5.66. The van der Waals surface area contributed by atoms with Gasteiger partial charge in [-0.25, -0.2) is 15.0 Å². The van der Waals surface area contributed by atoms with Crippen LogP contribution in [0.4, 0.5) is 0 Å². The highest BCUT2D eigenvalue weighted by Crippen LogP contribution is 2.33. The molecule has 2 aromatic rings. The number of oxazole rings is 1. The second kappa shape index (κ2) is 6.58. The van der Waals surface area contributed by atoms with Gasteiger partial charge in [0.25, 0.3) is 0 Å². The molecule has 2 aromatic heterocycles. The molecular formula is C12H17N3O3. The summed E-state index contributed by atoms with van der Waals surface area (Å²) in [5, 5.41) is 0. The van der Waals surface area contributed by atoms with Crippen molar-refractivity contribution in [1.82, 2.24) is 15.0 Å². The third kappa shape index (κ3) is 2.77. The van der Waals surface area contributed by atoms with Crippen molar-refractivity contribution in [2.75, 3.05) is 14.2 Å². The zero-order chi connectivity index (χ0) is 13.5. The molecule has 0 aromatic carbocycles. The summed E-state index contributed by atoms with van der Waals surface area (Å²) < 4.78 is 15.5. The highest BCUT2D eigenvalue weighted by atomic mass is 16.5. The molecule has 0 aliphatic heterocycles. The van der Waals surface area contributed by atoms with Crippen molar-refractivity contribution in [2.24, 2.45) is 0 Å². The van der Waals surface area contributed by atoms with Gasteiger partial charge in [0.2, 0.25) is 17.7 Å². The van der Waals surface area contributed by atoms with Crippen molar-refractivity contribution in [1.29, 1.82) is 0 Å². The number of hydrogen-bond acceptors (Lipinski definition) is 6. The van der Waals surface area contributed by atoms with E-state index in [1.165, 1.54) is 20.5 Å². The Morgan fingerprint density at radius 1 is 1.06 bits per heavy atom. The first-order valence-corrected chi connectivity index (χ1v) is 5.61. The van der Waals surface area contributed by atoms with Crippen molar-refractivity contribution in [3.8, 4) is 23.2 Å². The summed E-state index contributed by atoms with van der Waals surface area (Å²) in [6, 6.07) is 0. The zero-order valence-electron chi connectivity index (χ0n) is 11.2. The number of rotatable bonds is 3. The summed E-state index contributed by atoms with van der Waals surface area (Å²) in [4.78, 5) is 12.1. The number of nitrogens with zero attached hydrogens (tertiary/aromatic N) is 3. The van der Waals surface area contributed by atoms with Gasteiger partial charge >= 0.3 is 0 Å². The molecule has 0 N–H and O–H groups in total. The molecule has 0 atom stereocenters. The van der Waals surface area contributed by atoms with Gasteiger partial charge in [-0.1, -0.05) is 13.8 Å². The number of aromatic nitrogens is 3. The fourth-order valence-corrected chi connectivity index (χ4v) is 1.32. The van der Waals surface area contributed by atoms with E-state index in [2.05, 4.69) is 15.0 Å². The second-order valence-electron chi connectivity index (χ2n) is 3.06. The van der Waals surface area contributed by atoms with Gasteiger partial charge in [-0.05, 0) is 6.92 Å². The van der Waals surface area contributed by atoms with Crippen molar-refractivity contribution >= 4 is 0 Å². The summed E-state index contributed by atoms with van der Waals surface area (Å²) in [5.74, 6) is 1.12. The van der Waals surface area contributed by atoms with Crippen LogP contribution in [0.2, 0.25) is 0 Å². The molecule has 6 heteroatoms. The van der Waals surface area contributed by atoms with Crippen LogP contribution in [-0.2, 0) is 0 Å². The Morgan fingerprint density at radius 3 is 2.00 bits per heavy atom. The maximum absolute atomic E-state index is 5.28. The third-order valence-corrected chi connectivity index (χ3v) is 2.00. The molecule has 0 unspecified atom stereocenters. The van der Waals surface area contributed by atoms with E-state index in [1.54, 1.807) is 6.26 Å². The molecule has 18 heavy (non-hydrogen) atoms. The summed E-state index contributed by atoms with van der Waals surface area (Å²) >= 11 is 0. The zero-order valence-corrected chi connectivity index (χ0v) is 11.2. The lowest BCUT2D eigenvalue weighted by molar-refractivity contribution is 0.371.